The van der Waals surface area contributed by atoms with E-state index in [1.54, 1.807) is 24.5 Å². The second-order valence-electron chi connectivity index (χ2n) is 4.34. The Kier molecular flexibility index (Phi) is 3.79. The van der Waals surface area contributed by atoms with E-state index in [1.807, 2.05) is 6.92 Å². The van der Waals surface area contributed by atoms with Crippen molar-refractivity contribution in [3.63, 3.8) is 0 Å². The SMILES string of the molecule is CCC(Nc1ccc([N+](=O)[O-])cc1C)c1ncc[nH]1. The summed E-state index contributed by atoms with van der Waals surface area (Å²) >= 11 is 0. The molecule has 2 N–H and O–H groups in total. The fraction of sp³-hybridized carbons (Fsp3) is 0.308. The van der Waals surface area contributed by atoms with E-state index in [2.05, 4.69) is 22.2 Å². The molecule has 6 heteroatoms. The molecule has 0 amide bonds. The first-order valence-corrected chi connectivity index (χ1v) is 6.12. The standard InChI is InChI=1S/C13H16N4O2/c1-3-11(13-14-6-7-15-13)16-12-5-4-10(17(18)19)8-9(12)2/h4-8,11,16H,3H2,1-2H3,(H,14,15). The highest BCUT2D eigenvalue weighted by Gasteiger charge is 2.14. The Bertz CT molecular complexity index is 566. The van der Waals surface area contributed by atoms with Gasteiger partial charge in [0, 0.05) is 30.2 Å². The van der Waals surface area contributed by atoms with Gasteiger partial charge in [-0.1, -0.05) is 6.92 Å². The lowest BCUT2D eigenvalue weighted by atomic mass is 10.1. The average molecular weight is 260 g/mol. The third-order valence-corrected chi connectivity index (χ3v) is 3.01. The van der Waals surface area contributed by atoms with Crippen LogP contribution < -0.4 is 5.32 Å². The maximum Gasteiger partial charge on any atom is 0.269 e. The summed E-state index contributed by atoms with van der Waals surface area (Å²) in [7, 11) is 0. The Hall–Kier alpha value is -2.37. The summed E-state index contributed by atoms with van der Waals surface area (Å²) < 4.78 is 0. The molecule has 0 bridgehead atoms. The summed E-state index contributed by atoms with van der Waals surface area (Å²) in [5, 5.41) is 14.0. The van der Waals surface area contributed by atoms with E-state index in [0.29, 0.717) is 0 Å². The maximum absolute atomic E-state index is 10.7. The quantitative estimate of drug-likeness (QED) is 0.638. The highest BCUT2D eigenvalue weighted by Crippen LogP contribution is 2.25. The van der Waals surface area contributed by atoms with Gasteiger partial charge in [-0.05, 0) is 25.0 Å². The number of hydrogen-bond donors (Lipinski definition) is 2. The molecule has 0 fully saturated rings. The Morgan fingerprint density at radius 3 is 2.84 bits per heavy atom. The molecule has 1 aromatic heterocycles. The van der Waals surface area contributed by atoms with Crippen molar-refractivity contribution in [2.45, 2.75) is 26.3 Å². The normalized spacial score (nSPS) is 12.1. The molecule has 1 heterocycles. The van der Waals surface area contributed by atoms with Crippen LogP contribution in [0.15, 0.2) is 30.6 Å². The molecule has 0 aliphatic rings. The highest BCUT2D eigenvalue weighted by atomic mass is 16.6. The Morgan fingerprint density at radius 1 is 1.53 bits per heavy atom. The van der Waals surface area contributed by atoms with Crippen LogP contribution >= 0.6 is 0 Å². The zero-order valence-electron chi connectivity index (χ0n) is 10.9. The Labute approximate surface area is 111 Å². The number of nitro groups is 1. The number of hydrogen-bond acceptors (Lipinski definition) is 4. The first-order chi connectivity index (χ1) is 9.11. The van der Waals surface area contributed by atoms with Crippen LogP contribution in [0.25, 0.3) is 0 Å². The fourth-order valence-corrected chi connectivity index (χ4v) is 1.94. The number of non-ortho nitro benzene ring substituents is 1. The summed E-state index contributed by atoms with van der Waals surface area (Å²) in [6, 6.07) is 4.87. The highest BCUT2D eigenvalue weighted by molar-refractivity contribution is 5.56. The number of aryl methyl sites for hydroxylation is 1. The van der Waals surface area contributed by atoms with E-state index in [0.717, 1.165) is 23.5 Å². The van der Waals surface area contributed by atoms with E-state index in [9.17, 15) is 10.1 Å². The van der Waals surface area contributed by atoms with Crippen molar-refractivity contribution < 1.29 is 4.92 Å². The van der Waals surface area contributed by atoms with Gasteiger partial charge in [-0.2, -0.15) is 0 Å². The van der Waals surface area contributed by atoms with Gasteiger partial charge >= 0.3 is 0 Å². The van der Waals surface area contributed by atoms with E-state index >= 15 is 0 Å². The van der Waals surface area contributed by atoms with Gasteiger partial charge in [0.2, 0.25) is 0 Å². The Balaban J connectivity index is 2.21. The zero-order chi connectivity index (χ0) is 13.8. The number of benzene rings is 1. The molecule has 1 unspecified atom stereocenters. The first-order valence-electron chi connectivity index (χ1n) is 6.12. The monoisotopic (exact) mass is 260 g/mol. The number of nitro benzene ring substituents is 1. The maximum atomic E-state index is 10.7. The lowest BCUT2D eigenvalue weighted by molar-refractivity contribution is -0.384. The molecular formula is C13H16N4O2. The lowest BCUT2D eigenvalue weighted by Gasteiger charge is -2.17. The minimum Gasteiger partial charge on any atom is -0.375 e. The molecule has 0 spiro atoms. The van der Waals surface area contributed by atoms with Gasteiger partial charge in [0.1, 0.15) is 5.82 Å². The number of nitrogens with zero attached hydrogens (tertiary/aromatic N) is 2. The van der Waals surface area contributed by atoms with Crippen LogP contribution in [0.4, 0.5) is 11.4 Å². The molecular weight excluding hydrogens is 244 g/mol. The number of aromatic amines is 1. The molecule has 0 saturated heterocycles. The molecule has 100 valence electrons. The molecule has 6 nitrogen and oxygen atoms in total. The van der Waals surface area contributed by atoms with Crippen LogP contribution in [0.2, 0.25) is 0 Å². The predicted octanol–water partition coefficient (Wildman–Crippen LogP) is 3.19. The molecule has 1 aromatic carbocycles. The van der Waals surface area contributed by atoms with Gasteiger partial charge < -0.3 is 10.3 Å². The minimum atomic E-state index is -0.388. The van der Waals surface area contributed by atoms with Gasteiger partial charge in [-0.3, -0.25) is 10.1 Å². The van der Waals surface area contributed by atoms with Crippen molar-refractivity contribution in [1.82, 2.24) is 9.97 Å². The van der Waals surface area contributed by atoms with Crippen LogP contribution in [-0.2, 0) is 0 Å². The summed E-state index contributed by atoms with van der Waals surface area (Å²) in [5.74, 6) is 0.861. The number of aromatic nitrogens is 2. The minimum absolute atomic E-state index is 0.0650. The van der Waals surface area contributed by atoms with Crippen molar-refractivity contribution in [1.29, 1.82) is 0 Å². The van der Waals surface area contributed by atoms with E-state index < -0.39 is 0 Å². The first kappa shape index (κ1) is 13.1. The third-order valence-electron chi connectivity index (χ3n) is 3.01. The topological polar surface area (TPSA) is 83.8 Å². The van der Waals surface area contributed by atoms with Gasteiger partial charge in [0.15, 0.2) is 0 Å². The van der Waals surface area contributed by atoms with Crippen LogP contribution in [0, 0.1) is 17.0 Å². The molecule has 0 radical (unpaired) electrons. The molecule has 0 aliphatic carbocycles. The van der Waals surface area contributed by atoms with Crippen molar-refractivity contribution in [3.8, 4) is 0 Å². The van der Waals surface area contributed by atoms with Crippen molar-refractivity contribution in [2.24, 2.45) is 0 Å². The fourth-order valence-electron chi connectivity index (χ4n) is 1.94. The summed E-state index contributed by atoms with van der Waals surface area (Å²) in [4.78, 5) is 17.6. The largest absolute Gasteiger partial charge is 0.375 e. The second-order valence-corrected chi connectivity index (χ2v) is 4.34. The van der Waals surface area contributed by atoms with Crippen molar-refractivity contribution >= 4 is 11.4 Å². The van der Waals surface area contributed by atoms with Crippen molar-refractivity contribution in [2.75, 3.05) is 5.32 Å². The molecule has 1 atom stereocenters. The van der Waals surface area contributed by atoms with E-state index in [1.165, 1.54) is 6.07 Å². The van der Waals surface area contributed by atoms with Crippen LogP contribution in [0.1, 0.15) is 30.8 Å². The summed E-state index contributed by atoms with van der Waals surface area (Å²) in [5.41, 5.74) is 1.84. The van der Waals surface area contributed by atoms with E-state index in [4.69, 9.17) is 0 Å². The Morgan fingerprint density at radius 2 is 2.32 bits per heavy atom. The van der Waals surface area contributed by atoms with Gasteiger partial charge in [-0.25, -0.2) is 4.98 Å². The number of nitrogens with one attached hydrogen (secondary N) is 2. The molecule has 2 aromatic rings. The second kappa shape index (κ2) is 5.51. The molecule has 2 rings (SSSR count). The summed E-state index contributed by atoms with van der Waals surface area (Å²) in [6.45, 7) is 3.91. The molecule has 0 saturated carbocycles. The smallest absolute Gasteiger partial charge is 0.269 e. The van der Waals surface area contributed by atoms with Gasteiger partial charge in [-0.15, -0.1) is 0 Å². The third kappa shape index (κ3) is 2.90. The number of imidazole rings is 1. The zero-order valence-corrected chi connectivity index (χ0v) is 10.9. The van der Waals surface area contributed by atoms with Crippen LogP contribution in [0.3, 0.4) is 0 Å². The van der Waals surface area contributed by atoms with E-state index in [-0.39, 0.29) is 16.7 Å². The van der Waals surface area contributed by atoms with Crippen LogP contribution in [0.5, 0.6) is 0 Å². The van der Waals surface area contributed by atoms with Gasteiger partial charge in [0.25, 0.3) is 5.69 Å². The number of anilines is 1. The van der Waals surface area contributed by atoms with Crippen LogP contribution in [-0.4, -0.2) is 14.9 Å². The number of rotatable bonds is 5. The molecule has 19 heavy (non-hydrogen) atoms. The lowest BCUT2D eigenvalue weighted by Crippen LogP contribution is -2.12. The molecule has 0 aliphatic heterocycles. The van der Waals surface area contributed by atoms with Gasteiger partial charge in [0.05, 0.1) is 11.0 Å². The number of H-pyrrole nitrogens is 1. The van der Waals surface area contributed by atoms with Crippen molar-refractivity contribution in [3.05, 3.63) is 52.1 Å². The summed E-state index contributed by atoms with van der Waals surface area (Å²) in [6.07, 6.45) is 4.36. The average Bonchev–Trinajstić information content (AvgIpc) is 2.91. The predicted molar refractivity (Wildman–Crippen MR) is 73.1 cm³/mol.